The molecule has 0 aliphatic heterocycles. The maximum absolute atomic E-state index is 12.4. The summed E-state index contributed by atoms with van der Waals surface area (Å²) in [6, 6.07) is 21.8. The molecule has 0 aromatic heterocycles. The maximum atomic E-state index is 12.4. The van der Waals surface area contributed by atoms with Crippen molar-refractivity contribution >= 4 is 23.9 Å². The first-order chi connectivity index (χ1) is 17.4. The third kappa shape index (κ3) is 8.24. The van der Waals surface area contributed by atoms with Gasteiger partial charge in [0.05, 0.1) is 30.2 Å². The number of amides is 2. The van der Waals surface area contributed by atoms with Crippen LogP contribution in [0.3, 0.4) is 0 Å². The molecule has 0 heterocycles. The summed E-state index contributed by atoms with van der Waals surface area (Å²) in [5, 5.41) is 17.4. The van der Waals surface area contributed by atoms with Crippen LogP contribution in [0.15, 0.2) is 84.0 Å². The maximum Gasteiger partial charge on any atom is 0.407 e. The molecule has 0 spiro atoms. The lowest BCUT2D eigenvalue weighted by Gasteiger charge is -2.18. The molecule has 10 nitrogen and oxygen atoms in total. The number of rotatable bonds is 11. The van der Waals surface area contributed by atoms with Crippen molar-refractivity contribution in [1.29, 1.82) is 0 Å². The Labute approximate surface area is 208 Å². The number of hydrogen-bond acceptors (Lipinski definition) is 7. The SMILES string of the molecule is CCOC(=O)N[C@H](CC(=O)N/N=C\c1ccc(OCc2ccc([N+](=O)[O-])cc2)cc1)c1ccccc1. The third-order valence-electron chi connectivity index (χ3n) is 4.99. The average Bonchev–Trinajstić information content (AvgIpc) is 2.89. The number of non-ortho nitro benzene ring substituents is 1. The van der Waals surface area contributed by atoms with Crippen molar-refractivity contribution in [2.45, 2.75) is 26.0 Å². The number of hydrogen-bond donors (Lipinski definition) is 2. The molecule has 0 fully saturated rings. The van der Waals surface area contributed by atoms with Crippen LogP contribution in [-0.4, -0.2) is 29.7 Å². The molecule has 186 valence electrons. The van der Waals surface area contributed by atoms with Crippen molar-refractivity contribution < 1.29 is 24.0 Å². The standard InChI is InChI=1S/C26H26N4O6/c1-2-35-26(32)28-24(21-6-4-3-5-7-21)16-25(31)29-27-17-19-10-14-23(15-11-19)36-18-20-8-12-22(13-9-20)30(33)34/h3-15,17,24H,2,16,18H2,1H3,(H,28,32)(H,29,31)/b27-17-/t24-/m1/s1. The van der Waals surface area contributed by atoms with E-state index < -0.39 is 17.1 Å². The molecule has 2 amide bonds. The van der Waals surface area contributed by atoms with E-state index in [2.05, 4.69) is 15.8 Å². The molecule has 3 rings (SSSR count). The molecule has 0 bridgehead atoms. The van der Waals surface area contributed by atoms with Crippen LogP contribution in [-0.2, 0) is 16.1 Å². The van der Waals surface area contributed by atoms with Crippen LogP contribution < -0.4 is 15.5 Å². The Hall–Kier alpha value is -4.73. The van der Waals surface area contributed by atoms with E-state index in [0.717, 1.165) is 16.7 Å². The van der Waals surface area contributed by atoms with Gasteiger partial charge in [0.15, 0.2) is 0 Å². The van der Waals surface area contributed by atoms with Crippen molar-refractivity contribution in [3.05, 3.63) is 106 Å². The summed E-state index contributed by atoms with van der Waals surface area (Å²) in [6.45, 7) is 2.20. The second-order valence-corrected chi connectivity index (χ2v) is 7.61. The van der Waals surface area contributed by atoms with Crippen molar-refractivity contribution in [2.24, 2.45) is 5.10 Å². The molecule has 2 N–H and O–H groups in total. The fourth-order valence-corrected chi connectivity index (χ4v) is 3.19. The van der Waals surface area contributed by atoms with Crippen molar-refractivity contribution in [2.75, 3.05) is 6.61 Å². The van der Waals surface area contributed by atoms with Crippen molar-refractivity contribution in [3.8, 4) is 5.75 Å². The monoisotopic (exact) mass is 490 g/mol. The van der Waals surface area contributed by atoms with Crippen LogP contribution in [0.2, 0.25) is 0 Å². The number of carbonyl (C=O) groups is 2. The lowest BCUT2D eigenvalue weighted by atomic mass is 10.0. The molecular weight excluding hydrogens is 464 g/mol. The van der Waals surface area contributed by atoms with E-state index in [1.807, 2.05) is 30.3 Å². The van der Waals surface area contributed by atoms with Gasteiger partial charge in [-0.25, -0.2) is 10.2 Å². The zero-order chi connectivity index (χ0) is 25.8. The Morgan fingerprint density at radius 3 is 2.36 bits per heavy atom. The Balaban J connectivity index is 1.50. The van der Waals surface area contributed by atoms with Crippen LogP contribution in [0, 0.1) is 10.1 Å². The highest BCUT2D eigenvalue weighted by Gasteiger charge is 2.18. The third-order valence-corrected chi connectivity index (χ3v) is 4.99. The molecule has 1 atom stereocenters. The number of hydrazone groups is 1. The predicted octanol–water partition coefficient (Wildman–Crippen LogP) is 4.50. The van der Waals surface area contributed by atoms with Gasteiger partial charge in [0, 0.05) is 12.1 Å². The van der Waals surface area contributed by atoms with Crippen LogP contribution in [0.1, 0.15) is 36.1 Å². The second kappa shape index (κ2) is 13.2. The van der Waals surface area contributed by atoms with Crippen molar-refractivity contribution in [1.82, 2.24) is 10.7 Å². The highest BCUT2D eigenvalue weighted by Crippen LogP contribution is 2.18. The first-order valence-electron chi connectivity index (χ1n) is 11.2. The fourth-order valence-electron chi connectivity index (χ4n) is 3.19. The number of benzene rings is 3. The van der Waals surface area contributed by atoms with E-state index >= 15 is 0 Å². The number of nitro benzene ring substituents is 1. The molecule has 0 aliphatic carbocycles. The summed E-state index contributed by atoms with van der Waals surface area (Å²) in [7, 11) is 0. The zero-order valence-corrected chi connectivity index (χ0v) is 19.6. The molecule has 0 saturated heterocycles. The molecule has 0 radical (unpaired) electrons. The minimum atomic E-state index is -0.599. The van der Waals surface area contributed by atoms with Gasteiger partial charge < -0.3 is 14.8 Å². The van der Waals surface area contributed by atoms with Gasteiger partial charge in [0.2, 0.25) is 5.91 Å². The highest BCUT2D eigenvalue weighted by molar-refractivity contribution is 5.83. The predicted molar refractivity (Wildman–Crippen MR) is 134 cm³/mol. The quantitative estimate of drug-likeness (QED) is 0.231. The number of nitrogens with one attached hydrogen (secondary N) is 2. The molecule has 10 heteroatoms. The number of alkyl carbamates (subject to hydrolysis) is 1. The van der Waals surface area contributed by atoms with Gasteiger partial charge in [-0.2, -0.15) is 5.10 Å². The van der Waals surface area contributed by atoms with Gasteiger partial charge in [0.1, 0.15) is 12.4 Å². The largest absolute Gasteiger partial charge is 0.489 e. The smallest absolute Gasteiger partial charge is 0.407 e. The van der Waals surface area contributed by atoms with E-state index in [9.17, 15) is 19.7 Å². The summed E-state index contributed by atoms with van der Waals surface area (Å²) in [6.07, 6.45) is 0.878. The van der Waals surface area contributed by atoms with E-state index in [-0.39, 0.29) is 31.2 Å². The van der Waals surface area contributed by atoms with Gasteiger partial charge in [-0.15, -0.1) is 0 Å². The number of nitrogens with zero attached hydrogens (tertiary/aromatic N) is 2. The number of carbonyl (C=O) groups excluding carboxylic acids is 2. The second-order valence-electron chi connectivity index (χ2n) is 7.61. The summed E-state index contributed by atoms with van der Waals surface area (Å²) in [5.41, 5.74) is 4.81. The normalized spacial score (nSPS) is 11.5. The average molecular weight is 491 g/mol. The summed E-state index contributed by atoms with van der Waals surface area (Å²) < 4.78 is 10.6. The van der Waals surface area contributed by atoms with Crippen LogP contribution >= 0.6 is 0 Å². The molecule has 3 aromatic rings. The number of nitro groups is 1. The van der Waals surface area contributed by atoms with Crippen LogP contribution in [0.4, 0.5) is 10.5 Å². The molecule has 0 unspecified atom stereocenters. The lowest BCUT2D eigenvalue weighted by molar-refractivity contribution is -0.384. The van der Waals surface area contributed by atoms with Gasteiger partial charge in [-0.1, -0.05) is 30.3 Å². The molecule has 36 heavy (non-hydrogen) atoms. The van der Waals surface area contributed by atoms with E-state index in [1.165, 1.54) is 18.3 Å². The van der Waals surface area contributed by atoms with E-state index in [1.54, 1.807) is 43.3 Å². The minimum absolute atomic E-state index is 0.0183. The summed E-state index contributed by atoms with van der Waals surface area (Å²) >= 11 is 0. The Morgan fingerprint density at radius 1 is 1.03 bits per heavy atom. The summed E-state index contributed by atoms with van der Waals surface area (Å²) in [4.78, 5) is 34.6. The first kappa shape index (κ1) is 25.9. The first-order valence-corrected chi connectivity index (χ1v) is 11.2. The van der Waals surface area contributed by atoms with E-state index in [4.69, 9.17) is 9.47 Å². The molecule has 0 aliphatic rings. The lowest BCUT2D eigenvalue weighted by Crippen LogP contribution is -2.33. The summed E-state index contributed by atoms with van der Waals surface area (Å²) in [5.74, 6) is 0.241. The van der Waals surface area contributed by atoms with Gasteiger partial charge in [0.25, 0.3) is 5.69 Å². The molecule has 0 saturated carbocycles. The molecular formula is C26H26N4O6. The van der Waals surface area contributed by atoms with Gasteiger partial charge >= 0.3 is 6.09 Å². The fraction of sp³-hybridized carbons (Fsp3) is 0.192. The highest BCUT2D eigenvalue weighted by atomic mass is 16.6. The van der Waals surface area contributed by atoms with Gasteiger partial charge in [-0.3, -0.25) is 14.9 Å². The Kier molecular flexibility index (Phi) is 9.51. The Morgan fingerprint density at radius 2 is 1.72 bits per heavy atom. The van der Waals surface area contributed by atoms with Crippen LogP contribution in [0.5, 0.6) is 5.75 Å². The zero-order valence-electron chi connectivity index (χ0n) is 19.6. The van der Waals surface area contributed by atoms with Gasteiger partial charge in [-0.05, 0) is 60.0 Å². The van der Waals surface area contributed by atoms with Crippen LogP contribution in [0.25, 0.3) is 0 Å². The minimum Gasteiger partial charge on any atom is -0.489 e. The van der Waals surface area contributed by atoms with Crippen molar-refractivity contribution in [3.63, 3.8) is 0 Å². The Bertz CT molecular complexity index is 1180. The molecule has 3 aromatic carbocycles. The van der Waals surface area contributed by atoms with E-state index in [0.29, 0.717) is 5.75 Å². The number of ether oxygens (including phenoxy) is 2. The topological polar surface area (TPSA) is 132 Å².